The zero-order valence-electron chi connectivity index (χ0n) is 10.2. The van der Waals surface area contributed by atoms with E-state index < -0.39 is 0 Å². The minimum atomic E-state index is -0.170. The fourth-order valence-electron chi connectivity index (χ4n) is 2.38. The largest absolute Gasteiger partial charge is 0.487 e. The van der Waals surface area contributed by atoms with Crippen molar-refractivity contribution in [3.05, 3.63) is 28.4 Å². The molecule has 1 aromatic heterocycles. The Morgan fingerprint density at radius 2 is 2.17 bits per heavy atom. The molecule has 1 aromatic carbocycles. The first-order valence-corrected chi connectivity index (χ1v) is 6.56. The molecule has 0 radical (unpaired) electrons. The molecule has 0 bridgehead atoms. The van der Waals surface area contributed by atoms with E-state index in [1.54, 1.807) is 6.20 Å². The molecule has 0 amide bonds. The summed E-state index contributed by atoms with van der Waals surface area (Å²) in [7, 11) is 0. The van der Waals surface area contributed by atoms with E-state index in [0.29, 0.717) is 5.82 Å². The molecule has 0 saturated carbocycles. The van der Waals surface area contributed by atoms with Crippen molar-refractivity contribution >= 4 is 21.7 Å². The van der Waals surface area contributed by atoms with Crippen molar-refractivity contribution in [2.24, 2.45) is 0 Å². The number of hydrogen-bond acceptors (Lipinski definition) is 3. The monoisotopic (exact) mass is 307 g/mol. The number of nitrogens with zero attached hydrogens (tertiary/aromatic N) is 1. The number of nitrogen functional groups attached to an aromatic ring is 1. The molecule has 0 fully saturated rings. The van der Waals surface area contributed by atoms with Gasteiger partial charge in [-0.25, -0.2) is 0 Å². The SMILES string of the molecule is CC1(C)Cc2cc(Br)cc(-c3cn[nH]c3N)c2O1. The molecule has 4 nitrogen and oxygen atoms in total. The van der Waals surface area contributed by atoms with Crippen LogP contribution in [0.2, 0.25) is 0 Å². The number of fused-ring (bicyclic) bond motifs is 1. The van der Waals surface area contributed by atoms with Crippen LogP contribution in [0.15, 0.2) is 22.8 Å². The number of aromatic amines is 1. The van der Waals surface area contributed by atoms with Gasteiger partial charge in [-0.05, 0) is 31.5 Å². The fraction of sp³-hybridized carbons (Fsp3) is 0.308. The van der Waals surface area contributed by atoms with Gasteiger partial charge in [0.2, 0.25) is 0 Å². The van der Waals surface area contributed by atoms with Gasteiger partial charge in [0.15, 0.2) is 0 Å². The highest BCUT2D eigenvalue weighted by Gasteiger charge is 2.33. The number of aromatic nitrogens is 2. The Morgan fingerprint density at radius 1 is 1.39 bits per heavy atom. The van der Waals surface area contributed by atoms with E-state index in [-0.39, 0.29) is 5.60 Å². The van der Waals surface area contributed by atoms with Crippen LogP contribution in [-0.4, -0.2) is 15.8 Å². The second kappa shape index (κ2) is 3.75. The van der Waals surface area contributed by atoms with Crippen LogP contribution in [0.1, 0.15) is 19.4 Å². The quantitative estimate of drug-likeness (QED) is 0.850. The predicted octanol–water partition coefficient (Wildman–Crippen LogP) is 3.13. The molecule has 0 aliphatic carbocycles. The van der Waals surface area contributed by atoms with Gasteiger partial charge < -0.3 is 10.5 Å². The third-order valence-corrected chi connectivity index (χ3v) is 3.54. The summed E-state index contributed by atoms with van der Waals surface area (Å²) < 4.78 is 7.07. The summed E-state index contributed by atoms with van der Waals surface area (Å²) in [4.78, 5) is 0. The molecule has 5 heteroatoms. The van der Waals surface area contributed by atoms with Gasteiger partial charge in [-0.2, -0.15) is 5.10 Å². The standard InChI is InChI=1S/C13H14BrN3O/c1-13(2)5-7-3-8(14)4-9(11(7)18-13)10-6-16-17-12(10)15/h3-4,6H,5H2,1-2H3,(H3,15,16,17). The molecular formula is C13H14BrN3O. The Hall–Kier alpha value is -1.49. The van der Waals surface area contributed by atoms with E-state index in [0.717, 1.165) is 27.8 Å². The first kappa shape index (κ1) is 11.6. The Balaban J connectivity index is 2.21. The Morgan fingerprint density at radius 3 is 2.83 bits per heavy atom. The average Bonchev–Trinajstić information content (AvgIpc) is 2.79. The third-order valence-electron chi connectivity index (χ3n) is 3.08. The molecule has 3 rings (SSSR count). The number of anilines is 1. The number of hydrogen-bond donors (Lipinski definition) is 2. The molecule has 1 aliphatic heterocycles. The summed E-state index contributed by atoms with van der Waals surface area (Å²) >= 11 is 3.54. The van der Waals surface area contributed by atoms with Crippen LogP contribution in [0.4, 0.5) is 5.82 Å². The number of H-pyrrole nitrogens is 1. The van der Waals surface area contributed by atoms with Gasteiger partial charge in [-0.15, -0.1) is 0 Å². The van der Waals surface area contributed by atoms with E-state index in [4.69, 9.17) is 10.5 Å². The van der Waals surface area contributed by atoms with Crippen LogP contribution in [0.25, 0.3) is 11.1 Å². The summed E-state index contributed by atoms with van der Waals surface area (Å²) in [5.74, 6) is 1.47. The van der Waals surface area contributed by atoms with E-state index in [1.807, 2.05) is 6.07 Å². The maximum absolute atomic E-state index is 6.04. The van der Waals surface area contributed by atoms with Gasteiger partial charge in [0, 0.05) is 22.0 Å². The van der Waals surface area contributed by atoms with Crippen molar-refractivity contribution in [3.63, 3.8) is 0 Å². The maximum Gasteiger partial charge on any atom is 0.131 e. The lowest BCUT2D eigenvalue weighted by molar-refractivity contribution is 0.139. The molecule has 1 aliphatic rings. The molecule has 2 aromatic rings. The fourth-order valence-corrected chi connectivity index (χ4v) is 2.89. The van der Waals surface area contributed by atoms with Crippen molar-refractivity contribution in [2.75, 3.05) is 5.73 Å². The topological polar surface area (TPSA) is 63.9 Å². The van der Waals surface area contributed by atoms with Crippen molar-refractivity contribution in [1.29, 1.82) is 0 Å². The predicted molar refractivity (Wildman–Crippen MR) is 74.5 cm³/mol. The lowest BCUT2D eigenvalue weighted by Crippen LogP contribution is -2.24. The number of nitrogens with two attached hydrogens (primary N) is 1. The number of rotatable bonds is 1. The number of ether oxygens (including phenoxy) is 1. The van der Waals surface area contributed by atoms with Gasteiger partial charge >= 0.3 is 0 Å². The lowest BCUT2D eigenvalue weighted by atomic mass is 9.99. The summed E-state index contributed by atoms with van der Waals surface area (Å²) in [6, 6.07) is 4.12. The normalized spacial score (nSPS) is 16.4. The zero-order valence-corrected chi connectivity index (χ0v) is 11.8. The van der Waals surface area contributed by atoms with Gasteiger partial charge in [0.05, 0.1) is 6.20 Å². The molecule has 0 atom stereocenters. The number of benzene rings is 1. The summed E-state index contributed by atoms with van der Waals surface area (Å²) in [6.45, 7) is 4.17. The molecule has 0 unspecified atom stereocenters. The highest BCUT2D eigenvalue weighted by molar-refractivity contribution is 9.10. The Kier molecular flexibility index (Phi) is 2.41. The first-order chi connectivity index (χ1) is 8.46. The second-order valence-corrected chi connectivity index (χ2v) is 6.09. The van der Waals surface area contributed by atoms with Crippen molar-refractivity contribution < 1.29 is 4.74 Å². The van der Waals surface area contributed by atoms with Gasteiger partial charge in [0.1, 0.15) is 17.2 Å². The highest BCUT2D eigenvalue weighted by Crippen LogP contribution is 2.44. The molecule has 0 saturated heterocycles. The van der Waals surface area contributed by atoms with Crippen molar-refractivity contribution in [1.82, 2.24) is 10.2 Å². The third kappa shape index (κ3) is 1.79. The van der Waals surface area contributed by atoms with Crippen molar-refractivity contribution in [3.8, 4) is 16.9 Å². The lowest BCUT2D eigenvalue weighted by Gasteiger charge is -2.18. The van der Waals surface area contributed by atoms with Crippen LogP contribution in [0, 0.1) is 0 Å². The number of halogens is 1. The van der Waals surface area contributed by atoms with E-state index in [2.05, 4.69) is 46.0 Å². The molecular weight excluding hydrogens is 294 g/mol. The summed E-state index contributed by atoms with van der Waals surface area (Å²) in [5.41, 5.74) is 8.79. The van der Waals surface area contributed by atoms with Crippen LogP contribution in [0.5, 0.6) is 5.75 Å². The second-order valence-electron chi connectivity index (χ2n) is 5.18. The van der Waals surface area contributed by atoms with Crippen LogP contribution >= 0.6 is 15.9 Å². The zero-order chi connectivity index (χ0) is 12.9. The van der Waals surface area contributed by atoms with Gasteiger partial charge in [-0.3, -0.25) is 5.10 Å². The summed E-state index contributed by atoms with van der Waals surface area (Å²) in [5, 5.41) is 6.72. The van der Waals surface area contributed by atoms with Gasteiger partial charge in [0.25, 0.3) is 0 Å². The molecule has 0 spiro atoms. The Labute approximate surface area is 114 Å². The molecule has 94 valence electrons. The highest BCUT2D eigenvalue weighted by atomic mass is 79.9. The molecule has 18 heavy (non-hydrogen) atoms. The van der Waals surface area contributed by atoms with Crippen LogP contribution < -0.4 is 10.5 Å². The number of nitrogens with one attached hydrogen (secondary N) is 1. The smallest absolute Gasteiger partial charge is 0.131 e. The van der Waals surface area contributed by atoms with E-state index in [1.165, 1.54) is 5.56 Å². The molecule has 2 heterocycles. The van der Waals surface area contributed by atoms with Gasteiger partial charge in [-0.1, -0.05) is 15.9 Å². The molecule has 3 N–H and O–H groups in total. The first-order valence-electron chi connectivity index (χ1n) is 5.77. The van der Waals surface area contributed by atoms with Crippen LogP contribution in [-0.2, 0) is 6.42 Å². The van der Waals surface area contributed by atoms with Crippen molar-refractivity contribution in [2.45, 2.75) is 25.9 Å². The minimum absolute atomic E-state index is 0.170. The van der Waals surface area contributed by atoms with Crippen LogP contribution in [0.3, 0.4) is 0 Å². The Bertz CT molecular complexity index is 619. The summed E-state index contributed by atoms with van der Waals surface area (Å²) in [6.07, 6.45) is 2.62. The van der Waals surface area contributed by atoms with E-state index in [9.17, 15) is 0 Å². The minimum Gasteiger partial charge on any atom is -0.487 e. The maximum atomic E-state index is 6.04. The van der Waals surface area contributed by atoms with E-state index >= 15 is 0 Å². The average molecular weight is 308 g/mol.